The number of thioether (sulfide) groups is 1. The topological polar surface area (TPSA) is 294 Å². The van der Waals surface area contributed by atoms with Crippen molar-refractivity contribution < 1.29 is 61.9 Å². The number of benzene rings is 3. The van der Waals surface area contributed by atoms with Crippen LogP contribution in [-0.4, -0.2) is 136 Å². The van der Waals surface area contributed by atoms with Crippen molar-refractivity contribution in [3.8, 4) is 11.5 Å². The lowest BCUT2D eigenvalue weighted by molar-refractivity contribution is -0.165. The van der Waals surface area contributed by atoms with E-state index in [1.54, 1.807) is 74.6 Å². The largest absolute Gasteiger partial charge is 0.614 e. The van der Waals surface area contributed by atoms with Crippen molar-refractivity contribution in [1.29, 1.82) is 0 Å². The fourth-order valence-electron chi connectivity index (χ4n) is 7.64. The van der Waals surface area contributed by atoms with Gasteiger partial charge >= 0.3 is 35.8 Å². The molecule has 3 aliphatic rings. The van der Waals surface area contributed by atoms with Crippen LogP contribution < -0.4 is 25.4 Å². The Morgan fingerprint density at radius 1 is 0.912 bits per heavy atom. The van der Waals surface area contributed by atoms with Crippen LogP contribution in [0.1, 0.15) is 49.6 Å². The molecule has 0 bridgehead atoms. The maximum Gasteiger partial charge on any atom is 0.356 e. The summed E-state index contributed by atoms with van der Waals surface area (Å²) in [6.45, 7) is 3.62. The van der Waals surface area contributed by atoms with Crippen LogP contribution in [0, 0.1) is 0 Å². The Kier molecular flexibility index (Phi) is 14.5. The van der Waals surface area contributed by atoms with Crippen molar-refractivity contribution in [3.63, 3.8) is 0 Å². The van der Waals surface area contributed by atoms with E-state index in [0.29, 0.717) is 21.2 Å². The summed E-state index contributed by atoms with van der Waals surface area (Å²) in [7, 11) is 1.58. The molecule has 3 aromatic carbocycles. The molecule has 7 amide bonds. The molecule has 1 aromatic heterocycles. The Morgan fingerprint density at radius 3 is 2.15 bits per heavy atom. The lowest BCUT2D eigenvalue weighted by atomic mass is 9.93. The number of amides is 7. The Balaban J connectivity index is 1.27. The van der Waals surface area contributed by atoms with E-state index in [1.807, 2.05) is 0 Å². The molecule has 0 saturated carbocycles. The van der Waals surface area contributed by atoms with Crippen LogP contribution in [-0.2, 0) is 61.3 Å². The molecule has 68 heavy (non-hydrogen) atoms. The number of ether oxygens (including phenoxy) is 3. The maximum absolute atomic E-state index is 14.8. The van der Waals surface area contributed by atoms with Crippen LogP contribution in [0.25, 0.3) is 0 Å². The standard InChI is InChI=1S/C43H42N10O13S2/c1-5-51-18-19-52(37(59)36(51)58)41(62)45-32(28-16-17-30(64-24(2)55)31(20-28)65-25(3)56)35(57)46-43(44-23-54)39(61)53-33(29(22-68(63)40(43)53)21-67-42-47-48-49-50(42)4)38(60)66-34(26-12-8-6-9-13-26)27-14-10-7-11-15-27/h6-17,20,23,32,34,40H,5,18-19,21-22H2,1-4H3,(H,44,54)(H,45,62)(H,46,57)/t32?,40-,43+,68?/m0/s1. The number of rotatable bonds is 16. The van der Waals surface area contributed by atoms with E-state index in [1.165, 1.54) is 15.6 Å². The van der Waals surface area contributed by atoms with E-state index in [-0.39, 0.29) is 65.9 Å². The zero-order chi connectivity index (χ0) is 48.9. The molecular formula is C43H42N10O13S2. The van der Waals surface area contributed by atoms with Gasteiger partial charge in [0.1, 0.15) is 17.5 Å². The number of likely N-dealkylation sites (N-methyl/N-ethyl adjacent to an activating group) is 1. The smallest absolute Gasteiger partial charge is 0.356 e. The van der Waals surface area contributed by atoms with E-state index in [4.69, 9.17) is 14.2 Å². The highest BCUT2D eigenvalue weighted by Crippen LogP contribution is 2.44. The highest BCUT2D eigenvalue weighted by atomic mass is 32.2. The second-order valence-electron chi connectivity index (χ2n) is 15.2. The molecule has 354 valence electrons. The number of nitrogens with one attached hydrogen (secondary N) is 3. The maximum atomic E-state index is 14.8. The lowest BCUT2D eigenvalue weighted by Gasteiger charge is -2.55. The van der Waals surface area contributed by atoms with Crippen molar-refractivity contribution in [2.24, 2.45) is 7.05 Å². The molecule has 2 unspecified atom stereocenters. The summed E-state index contributed by atoms with van der Waals surface area (Å²) in [5.74, 6) is -8.42. The number of piperazine rings is 1. The Labute approximate surface area is 394 Å². The van der Waals surface area contributed by atoms with Crippen LogP contribution in [0.4, 0.5) is 4.79 Å². The van der Waals surface area contributed by atoms with Gasteiger partial charge in [-0.05, 0) is 57.3 Å². The molecule has 7 rings (SSSR count). The summed E-state index contributed by atoms with van der Waals surface area (Å²) in [6.07, 6.45) is -0.936. The zero-order valence-corrected chi connectivity index (χ0v) is 38.2. The van der Waals surface area contributed by atoms with E-state index in [2.05, 4.69) is 31.5 Å². The third kappa shape index (κ3) is 9.75. The van der Waals surface area contributed by atoms with Gasteiger partial charge in [-0.2, -0.15) is 0 Å². The summed E-state index contributed by atoms with van der Waals surface area (Å²) < 4.78 is 32.5. The number of fused-ring (bicyclic) bond motifs is 1. The quantitative estimate of drug-likeness (QED) is 0.0200. The number of hydrogen-bond donors (Lipinski definition) is 3. The van der Waals surface area contributed by atoms with Gasteiger partial charge in [0.25, 0.3) is 11.6 Å². The first kappa shape index (κ1) is 48.3. The van der Waals surface area contributed by atoms with Crippen molar-refractivity contribution in [3.05, 3.63) is 107 Å². The first-order chi connectivity index (χ1) is 32.6. The minimum absolute atomic E-state index is 0.0328. The van der Waals surface area contributed by atoms with Crippen molar-refractivity contribution >= 4 is 76.9 Å². The van der Waals surface area contributed by atoms with Crippen LogP contribution in [0.5, 0.6) is 11.5 Å². The molecule has 4 aromatic rings. The zero-order valence-electron chi connectivity index (χ0n) is 36.6. The molecule has 0 radical (unpaired) electrons. The molecule has 23 nitrogen and oxygen atoms in total. The molecule has 2 saturated heterocycles. The molecule has 25 heteroatoms. The van der Waals surface area contributed by atoms with E-state index in [0.717, 1.165) is 42.6 Å². The van der Waals surface area contributed by atoms with Gasteiger partial charge in [-0.3, -0.25) is 43.4 Å². The fraction of sp³-hybridized carbons (Fsp3) is 0.302. The number of aromatic nitrogens is 4. The highest BCUT2D eigenvalue weighted by Gasteiger charge is 2.72. The second kappa shape index (κ2) is 20.5. The van der Waals surface area contributed by atoms with Crippen LogP contribution in [0.2, 0.25) is 0 Å². The molecule has 3 aliphatic heterocycles. The number of urea groups is 1. The average molecular weight is 971 g/mol. The van der Waals surface area contributed by atoms with Crippen molar-refractivity contribution in [1.82, 2.24) is 50.9 Å². The first-order valence-corrected chi connectivity index (χ1v) is 23.0. The van der Waals surface area contributed by atoms with Gasteiger partial charge in [0, 0.05) is 51.9 Å². The fourth-order valence-corrected chi connectivity index (χ4v) is 10.4. The predicted octanol–water partition coefficient (Wildman–Crippen LogP) is 0.370. The Bertz CT molecular complexity index is 2670. The summed E-state index contributed by atoms with van der Waals surface area (Å²) in [4.78, 5) is 123. The number of nitrogens with zero attached hydrogens (tertiary/aromatic N) is 7. The van der Waals surface area contributed by atoms with Crippen molar-refractivity contribution in [2.75, 3.05) is 31.1 Å². The number of hydrogen-bond acceptors (Lipinski definition) is 17. The lowest BCUT2D eigenvalue weighted by Crippen LogP contribution is -2.88. The molecule has 0 spiro atoms. The Morgan fingerprint density at radius 2 is 1.56 bits per heavy atom. The third-order valence-electron chi connectivity index (χ3n) is 10.8. The van der Waals surface area contributed by atoms with E-state index in [9.17, 15) is 47.7 Å². The van der Waals surface area contributed by atoms with E-state index >= 15 is 0 Å². The second-order valence-corrected chi connectivity index (χ2v) is 17.6. The monoisotopic (exact) mass is 970 g/mol. The normalized spacial score (nSPS) is 19.4. The minimum atomic E-state index is -2.56. The van der Waals surface area contributed by atoms with Gasteiger partial charge in [0.15, 0.2) is 17.6 Å². The number of carbonyl (C=O) groups excluding carboxylic acids is 9. The molecule has 2 fully saturated rings. The molecular weight excluding hydrogens is 929 g/mol. The number of esters is 3. The SMILES string of the molecule is CCN1CCN(C(=O)NC(C(=O)N[C@]2(NC=O)C(=O)N3C(C(=O)OC(c4ccccc4)c4ccccc4)=C(CSc4nnnn4C)C[S+]([O-])[C@H]32)c2ccc(OC(C)=O)c(OC(C)=O)c2)C(=O)C1=O. The van der Waals surface area contributed by atoms with Gasteiger partial charge in [0.05, 0.1) is 0 Å². The summed E-state index contributed by atoms with van der Waals surface area (Å²) >= 11 is -1.13. The molecule has 3 N–H and O–H groups in total. The highest BCUT2D eigenvalue weighted by molar-refractivity contribution is 7.99. The molecule has 4 atom stereocenters. The predicted molar refractivity (Wildman–Crippen MR) is 235 cm³/mol. The number of tetrazole rings is 1. The van der Waals surface area contributed by atoms with Crippen LogP contribution in [0.3, 0.4) is 0 Å². The van der Waals surface area contributed by atoms with E-state index < -0.39 is 81.9 Å². The molecule has 4 heterocycles. The number of β-lactam (4-membered cyclic amide) rings is 1. The number of aryl methyl sites for hydroxylation is 1. The van der Waals surface area contributed by atoms with Gasteiger partial charge in [-0.15, -0.1) is 5.10 Å². The van der Waals surface area contributed by atoms with Crippen LogP contribution >= 0.6 is 11.8 Å². The van der Waals surface area contributed by atoms with Gasteiger partial charge in [-0.25, -0.2) is 14.3 Å². The number of carbonyl (C=O) groups is 9. The Hall–Kier alpha value is -7.64. The summed E-state index contributed by atoms with van der Waals surface area (Å²) in [5, 5.41) is 17.1. The summed E-state index contributed by atoms with van der Waals surface area (Å²) in [5.41, 5.74) is -1.75. The minimum Gasteiger partial charge on any atom is -0.614 e. The number of imide groups is 1. The molecule has 0 aliphatic carbocycles. The van der Waals surface area contributed by atoms with Crippen molar-refractivity contribution in [2.45, 2.75) is 49.1 Å². The van der Waals surface area contributed by atoms with Gasteiger partial charge in [0.2, 0.25) is 22.8 Å². The average Bonchev–Trinajstić information content (AvgIpc) is 3.74. The van der Waals surface area contributed by atoms with Gasteiger partial charge < -0.3 is 39.6 Å². The first-order valence-electron chi connectivity index (χ1n) is 20.6. The third-order valence-corrected chi connectivity index (χ3v) is 13.6. The van der Waals surface area contributed by atoms with Gasteiger partial charge in [-0.1, -0.05) is 78.5 Å². The van der Waals surface area contributed by atoms with Crippen LogP contribution in [0.15, 0.2) is 95.3 Å². The summed E-state index contributed by atoms with van der Waals surface area (Å²) in [6, 6.07) is 17.7.